The number of H-pyrrole nitrogens is 1. The molecule has 0 radical (unpaired) electrons. The number of fused-ring (bicyclic) bond motifs is 1. The van der Waals surface area contributed by atoms with Crippen molar-refractivity contribution in [2.75, 3.05) is 13.1 Å². The highest BCUT2D eigenvalue weighted by Crippen LogP contribution is 2.39. The van der Waals surface area contributed by atoms with Crippen LogP contribution in [-0.2, 0) is 11.3 Å². The molecule has 3 aromatic rings. The molecule has 1 spiro atoms. The number of nitrogens with zero attached hydrogens (tertiary/aromatic N) is 2. The van der Waals surface area contributed by atoms with Gasteiger partial charge < -0.3 is 10.3 Å². The van der Waals surface area contributed by atoms with Crippen LogP contribution in [0.3, 0.4) is 0 Å². The predicted molar refractivity (Wildman–Crippen MR) is 105 cm³/mol. The molecule has 1 unspecified atom stereocenters. The number of aromatic amines is 1. The van der Waals surface area contributed by atoms with Crippen molar-refractivity contribution in [2.24, 2.45) is 0 Å². The number of piperidine rings is 1. The van der Waals surface area contributed by atoms with Gasteiger partial charge in [0.25, 0.3) is 0 Å². The smallest absolute Gasteiger partial charge is 0.228 e. The minimum absolute atomic E-state index is 0.00637. The normalized spacial score (nSPS) is 22.4. The van der Waals surface area contributed by atoms with E-state index in [1.807, 2.05) is 36.4 Å². The lowest BCUT2D eigenvalue weighted by atomic mass is 9.82. The van der Waals surface area contributed by atoms with Gasteiger partial charge in [-0.3, -0.25) is 9.69 Å². The summed E-state index contributed by atoms with van der Waals surface area (Å²) in [6.07, 6.45) is 2.92. The van der Waals surface area contributed by atoms with Gasteiger partial charge in [0.05, 0.1) is 23.5 Å². The molecule has 2 fully saturated rings. The Bertz CT molecular complexity index is 924. The predicted octanol–water partition coefficient (Wildman–Crippen LogP) is 3.20. The van der Waals surface area contributed by atoms with Gasteiger partial charge in [-0.15, -0.1) is 0 Å². The Kier molecular flexibility index (Phi) is 3.97. The number of rotatable bonds is 3. The molecule has 27 heavy (non-hydrogen) atoms. The number of amides is 1. The number of nitrogens with one attached hydrogen (secondary N) is 2. The van der Waals surface area contributed by atoms with Crippen LogP contribution in [0.25, 0.3) is 11.0 Å². The molecule has 1 aromatic heterocycles. The van der Waals surface area contributed by atoms with E-state index >= 15 is 0 Å². The van der Waals surface area contributed by atoms with Crippen LogP contribution >= 0.6 is 0 Å². The third kappa shape index (κ3) is 3.12. The van der Waals surface area contributed by atoms with E-state index in [9.17, 15) is 4.79 Å². The molecular weight excluding hydrogens is 336 g/mol. The highest BCUT2D eigenvalue weighted by molar-refractivity contribution is 5.87. The number of hydrogen-bond donors (Lipinski definition) is 2. The Hall–Kier alpha value is -2.66. The molecule has 138 valence electrons. The molecule has 2 aliphatic heterocycles. The number of aromatic nitrogens is 2. The first-order valence-electron chi connectivity index (χ1n) is 9.74. The number of likely N-dealkylation sites (tertiary alicyclic amines) is 1. The summed E-state index contributed by atoms with van der Waals surface area (Å²) in [5.74, 6) is 1.20. The van der Waals surface area contributed by atoms with Gasteiger partial charge in [0.15, 0.2) is 0 Å². The van der Waals surface area contributed by atoms with Crippen molar-refractivity contribution in [1.29, 1.82) is 0 Å². The van der Waals surface area contributed by atoms with Crippen molar-refractivity contribution < 1.29 is 4.79 Å². The molecule has 0 aliphatic carbocycles. The van der Waals surface area contributed by atoms with Crippen LogP contribution in [0.1, 0.15) is 36.6 Å². The standard InChI is InChI=1S/C22H24N4O/c27-21-17(16-6-2-1-3-7-16)14-22(25-21)10-12-26(13-11-22)15-20-23-18-8-4-5-9-19(18)24-20/h1-9,17H,10-15H2,(H,23,24)(H,25,27). The van der Waals surface area contributed by atoms with E-state index in [2.05, 4.69) is 33.4 Å². The zero-order valence-corrected chi connectivity index (χ0v) is 15.3. The minimum atomic E-state index is -0.0397. The van der Waals surface area contributed by atoms with E-state index in [4.69, 9.17) is 4.98 Å². The van der Waals surface area contributed by atoms with Gasteiger partial charge >= 0.3 is 0 Å². The molecule has 2 aromatic carbocycles. The molecule has 5 heteroatoms. The summed E-state index contributed by atoms with van der Waals surface area (Å²) in [4.78, 5) is 23.1. The van der Waals surface area contributed by atoms with Crippen LogP contribution in [0.4, 0.5) is 0 Å². The van der Waals surface area contributed by atoms with Gasteiger partial charge in [0, 0.05) is 18.6 Å². The fourth-order valence-corrected chi connectivity index (χ4v) is 4.60. The lowest BCUT2D eigenvalue weighted by Gasteiger charge is -2.39. The van der Waals surface area contributed by atoms with Crippen LogP contribution in [0.15, 0.2) is 54.6 Å². The monoisotopic (exact) mass is 360 g/mol. The lowest BCUT2D eigenvalue weighted by molar-refractivity contribution is -0.121. The van der Waals surface area contributed by atoms with Crippen LogP contribution in [0, 0.1) is 0 Å². The second kappa shape index (κ2) is 6.50. The van der Waals surface area contributed by atoms with E-state index in [1.165, 1.54) is 0 Å². The molecule has 5 rings (SSSR count). The van der Waals surface area contributed by atoms with Gasteiger partial charge in [-0.05, 0) is 37.0 Å². The zero-order chi connectivity index (χ0) is 18.3. The molecule has 1 amide bonds. The fraction of sp³-hybridized carbons (Fsp3) is 0.364. The molecule has 0 saturated carbocycles. The summed E-state index contributed by atoms with van der Waals surface area (Å²) in [7, 11) is 0. The summed E-state index contributed by atoms with van der Waals surface area (Å²) >= 11 is 0. The van der Waals surface area contributed by atoms with Crippen molar-refractivity contribution in [3.05, 3.63) is 66.0 Å². The molecule has 3 heterocycles. The zero-order valence-electron chi connectivity index (χ0n) is 15.3. The average molecular weight is 360 g/mol. The first kappa shape index (κ1) is 16.5. The maximum Gasteiger partial charge on any atom is 0.228 e. The summed E-state index contributed by atoms with van der Waals surface area (Å²) in [6, 6.07) is 18.3. The Morgan fingerprint density at radius 3 is 2.56 bits per heavy atom. The van der Waals surface area contributed by atoms with Crippen molar-refractivity contribution in [2.45, 2.75) is 37.3 Å². The largest absolute Gasteiger partial charge is 0.350 e. The fourth-order valence-electron chi connectivity index (χ4n) is 4.60. The Balaban J connectivity index is 1.24. The van der Waals surface area contributed by atoms with Gasteiger partial charge in [0.1, 0.15) is 5.82 Å². The van der Waals surface area contributed by atoms with Gasteiger partial charge in [-0.25, -0.2) is 4.98 Å². The van der Waals surface area contributed by atoms with Crippen molar-refractivity contribution in [3.8, 4) is 0 Å². The maximum atomic E-state index is 12.6. The number of para-hydroxylation sites is 2. The highest BCUT2D eigenvalue weighted by atomic mass is 16.2. The quantitative estimate of drug-likeness (QED) is 0.754. The van der Waals surface area contributed by atoms with Crippen LogP contribution < -0.4 is 5.32 Å². The average Bonchev–Trinajstić information content (AvgIpc) is 3.25. The van der Waals surface area contributed by atoms with E-state index in [0.29, 0.717) is 0 Å². The third-order valence-electron chi connectivity index (χ3n) is 6.13. The van der Waals surface area contributed by atoms with Crippen LogP contribution in [-0.4, -0.2) is 39.4 Å². The SMILES string of the molecule is O=C1NC2(CCN(Cc3nc4ccccc4[nH]3)CC2)CC1c1ccccc1. The van der Waals surface area contributed by atoms with E-state index in [1.54, 1.807) is 0 Å². The van der Waals surface area contributed by atoms with E-state index < -0.39 is 0 Å². The summed E-state index contributed by atoms with van der Waals surface area (Å²) < 4.78 is 0. The van der Waals surface area contributed by atoms with Crippen molar-refractivity contribution in [1.82, 2.24) is 20.2 Å². The second-order valence-electron chi connectivity index (χ2n) is 7.91. The minimum Gasteiger partial charge on any atom is -0.350 e. The molecule has 2 N–H and O–H groups in total. The Morgan fingerprint density at radius 2 is 1.78 bits per heavy atom. The summed E-state index contributed by atoms with van der Waals surface area (Å²) in [5, 5.41) is 3.33. The maximum absolute atomic E-state index is 12.6. The Labute approximate surface area is 158 Å². The van der Waals surface area contributed by atoms with Crippen molar-refractivity contribution in [3.63, 3.8) is 0 Å². The number of benzene rings is 2. The topological polar surface area (TPSA) is 61.0 Å². The lowest BCUT2D eigenvalue weighted by Crippen LogP contribution is -2.50. The molecule has 5 nitrogen and oxygen atoms in total. The Morgan fingerprint density at radius 1 is 1.04 bits per heavy atom. The molecule has 1 atom stereocenters. The second-order valence-corrected chi connectivity index (χ2v) is 7.91. The molecule has 2 aliphatic rings. The highest BCUT2D eigenvalue weighted by Gasteiger charge is 2.46. The van der Waals surface area contributed by atoms with E-state index in [-0.39, 0.29) is 17.4 Å². The number of hydrogen-bond acceptors (Lipinski definition) is 3. The van der Waals surface area contributed by atoms with Crippen LogP contribution in [0.2, 0.25) is 0 Å². The van der Waals surface area contributed by atoms with Crippen LogP contribution in [0.5, 0.6) is 0 Å². The summed E-state index contributed by atoms with van der Waals surface area (Å²) in [5.41, 5.74) is 3.21. The molecule has 0 bridgehead atoms. The van der Waals surface area contributed by atoms with Crippen molar-refractivity contribution >= 4 is 16.9 Å². The number of carbonyl (C=O) groups excluding carboxylic acids is 1. The number of carbonyl (C=O) groups is 1. The van der Waals surface area contributed by atoms with Gasteiger partial charge in [-0.1, -0.05) is 42.5 Å². The molecular formula is C22H24N4O. The first-order valence-corrected chi connectivity index (χ1v) is 9.74. The number of imidazole rings is 1. The first-order chi connectivity index (χ1) is 13.2. The van der Waals surface area contributed by atoms with Gasteiger partial charge in [-0.2, -0.15) is 0 Å². The molecule has 2 saturated heterocycles. The van der Waals surface area contributed by atoms with Gasteiger partial charge in [0.2, 0.25) is 5.91 Å². The third-order valence-corrected chi connectivity index (χ3v) is 6.13. The summed E-state index contributed by atoms with van der Waals surface area (Å²) in [6.45, 7) is 2.80. The van der Waals surface area contributed by atoms with E-state index in [0.717, 1.165) is 61.3 Å².